The van der Waals surface area contributed by atoms with Crippen molar-refractivity contribution in [2.45, 2.75) is 26.8 Å². The lowest BCUT2D eigenvalue weighted by atomic mass is 10.1. The molecule has 0 saturated heterocycles. The highest BCUT2D eigenvalue weighted by atomic mass is 16.2. The fourth-order valence-electron chi connectivity index (χ4n) is 3.57. The maximum absolute atomic E-state index is 13.1. The van der Waals surface area contributed by atoms with Gasteiger partial charge < -0.3 is 10.6 Å². The van der Waals surface area contributed by atoms with Crippen LogP contribution in [0.2, 0.25) is 0 Å². The minimum atomic E-state index is -0.243. The number of aryl methyl sites for hydroxylation is 2. The Morgan fingerprint density at radius 1 is 1.00 bits per heavy atom. The second-order valence-corrected chi connectivity index (χ2v) is 7.84. The molecule has 0 aliphatic heterocycles. The van der Waals surface area contributed by atoms with Gasteiger partial charge in [0, 0.05) is 18.4 Å². The van der Waals surface area contributed by atoms with Gasteiger partial charge in [-0.1, -0.05) is 42.0 Å². The third-order valence-electron chi connectivity index (χ3n) is 5.26. The molecule has 32 heavy (non-hydrogen) atoms. The van der Waals surface area contributed by atoms with Crippen LogP contribution in [0.1, 0.15) is 32.7 Å². The molecule has 2 aromatic carbocycles. The van der Waals surface area contributed by atoms with Crippen molar-refractivity contribution < 1.29 is 9.59 Å². The Kier molecular flexibility index (Phi) is 5.98. The van der Waals surface area contributed by atoms with Gasteiger partial charge in [0.15, 0.2) is 5.65 Å². The van der Waals surface area contributed by atoms with Crippen LogP contribution in [0.4, 0.5) is 5.69 Å². The van der Waals surface area contributed by atoms with Crippen molar-refractivity contribution >= 4 is 28.5 Å². The first-order valence-electron chi connectivity index (χ1n) is 10.4. The molecule has 2 amide bonds. The maximum atomic E-state index is 13.1. The first-order chi connectivity index (χ1) is 15.4. The van der Waals surface area contributed by atoms with Crippen LogP contribution >= 0.6 is 0 Å². The number of nitrogens with zero attached hydrogens (tertiary/aromatic N) is 3. The Labute approximate surface area is 186 Å². The number of hydrogen-bond acceptors (Lipinski definition) is 4. The molecule has 0 unspecified atom stereocenters. The Morgan fingerprint density at radius 2 is 1.78 bits per heavy atom. The number of aromatic nitrogens is 3. The third kappa shape index (κ3) is 4.67. The number of pyridine rings is 1. The van der Waals surface area contributed by atoms with Crippen molar-refractivity contribution in [2.75, 3.05) is 12.4 Å². The number of amides is 2. The summed E-state index contributed by atoms with van der Waals surface area (Å²) in [5.74, 6) is -0.326. The summed E-state index contributed by atoms with van der Waals surface area (Å²) in [5.41, 5.74) is 5.69. The van der Waals surface area contributed by atoms with Crippen LogP contribution in [0.3, 0.4) is 0 Å². The van der Waals surface area contributed by atoms with E-state index >= 15 is 0 Å². The quantitative estimate of drug-likeness (QED) is 0.492. The van der Waals surface area contributed by atoms with Crippen molar-refractivity contribution in [3.05, 3.63) is 88.7 Å². The fourth-order valence-corrected chi connectivity index (χ4v) is 3.57. The van der Waals surface area contributed by atoms with Gasteiger partial charge in [0.2, 0.25) is 5.91 Å². The molecule has 0 aliphatic rings. The van der Waals surface area contributed by atoms with Gasteiger partial charge in [-0.15, -0.1) is 0 Å². The number of likely N-dealkylation sites (N-methyl/N-ethyl adjacent to an activating group) is 1. The van der Waals surface area contributed by atoms with Gasteiger partial charge in [0.1, 0.15) is 0 Å². The zero-order valence-corrected chi connectivity index (χ0v) is 18.3. The normalized spacial score (nSPS) is 10.8. The SMILES string of the molecule is CNC(=O)Cc1cccc(NC(=O)c2cc(C)nc3c2cnn3Cc2ccc(C)cc2)c1. The van der Waals surface area contributed by atoms with Gasteiger partial charge >= 0.3 is 0 Å². The summed E-state index contributed by atoms with van der Waals surface area (Å²) < 4.78 is 1.81. The fraction of sp³-hybridized carbons (Fsp3) is 0.200. The second-order valence-electron chi connectivity index (χ2n) is 7.84. The number of nitrogens with one attached hydrogen (secondary N) is 2. The van der Waals surface area contributed by atoms with E-state index in [-0.39, 0.29) is 18.2 Å². The van der Waals surface area contributed by atoms with Crippen LogP contribution in [0.5, 0.6) is 0 Å². The smallest absolute Gasteiger partial charge is 0.256 e. The van der Waals surface area contributed by atoms with E-state index in [0.29, 0.717) is 28.8 Å². The van der Waals surface area contributed by atoms with Crippen molar-refractivity contribution in [3.63, 3.8) is 0 Å². The summed E-state index contributed by atoms with van der Waals surface area (Å²) in [4.78, 5) is 29.4. The highest BCUT2D eigenvalue weighted by molar-refractivity contribution is 6.12. The Hall–Kier alpha value is -4.00. The first kappa shape index (κ1) is 21.2. The molecule has 0 atom stereocenters. The molecule has 0 bridgehead atoms. The Balaban J connectivity index is 1.61. The largest absolute Gasteiger partial charge is 0.359 e. The van der Waals surface area contributed by atoms with E-state index in [0.717, 1.165) is 16.8 Å². The summed E-state index contributed by atoms with van der Waals surface area (Å²) in [6.45, 7) is 4.49. The lowest BCUT2D eigenvalue weighted by Gasteiger charge is -2.10. The zero-order chi connectivity index (χ0) is 22.7. The maximum Gasteiger partial charge on any atom is 0.256 e. The highest BCUT2D eigenvalue weighted by Gasteiger charge is 2.16. The van der Waals surface area contributed by atoms with E-state index < -0.39 is 0 Å². The van der Waals surface area contributed by atoms with Crippen molar-refractivity contribution in [3.8, 4) is 0 Å². The molecule has 0 spiro atoms. The number of carbonyl (C=O) groups is 2. The summed E-state index contributed by atoms with van der Waals surface area (Å²) in [6, 6.07) is 17.3. The summed E-state index contributed by atoms with van der Waals surface area (Å²) in [6.07, 6.45) is 1.94. The number of benzene rings is 2. The monoisotopic (exact) mass is 427 g/mol. The first-order valence-corrected chi connectivity index (χ1v) is 10.4. The number of anilines is 1. The number of fused-ring (bicyclic) bond motifs is 1. The molecular formula is C25H25N5O2. The summed E-state index contributed by atoms with van der Waals surface area (Å²) >= 11 is 0. The number of hydrogen-bond donors (Lipinski definition) is 2. The van der Waals surface area contributed by atoms with E-state index in [4.69, 9.17) is 0 Å². The topological polar surface area (TPSA) is 88.9 Å². The van der Waals surface area contributed by atoms with Crippen LogP contribution in [-0.2, 0) is 17.8 Å². The van der Waals surface area contributed by atoms with Crippen LogP contribution in [0.25, 0.3) is 11.0 Å². The van der Waals surface area contributed by atoms with E-state index in [1.807, 2.05) is 23.7 Å². The molecule has 7 heteroatoms. The molecule has 7 nitrogen and oxygen atoms in total. The average Bonchev–Trinajstić information content (AvgIpc) is 3.17. The minimum Gasteiger partial charge on any atom is -0.359 e. The molecular weight excluding hydrogens is 402 g/mol. The Bertz CT molecular complexity index is 1290. The second kappa shape index (κ2) is 9.01. The van der Waals surface area contributed by atoms with Gasteiger partial charge in [-0.2, -0.15) is 5.10 Å². The predicted octanol–water partition coefficient (Wildman–Crippen LogP) is 3.64. The average molecular weight is 428 g/mol. The lowest BCUT2D eigenvalue weighted by Crippen LogP contribution is -2.20. The molecule has 4 rings (SSSR count). The molecule has 2 heterocycles. The van der Waals surface area contributed by atoms with Gasteiger partial charge in [-0.05, 0) is 43.2 Å². The molecule has 2 aromatic heterocycles. The molecule has 0 fully saturated rings. The van der Waals surface area contributed by atoms with E-state index in [9.17, 15) is 9.59 Å². The van der Waals surface area contributed by atoms with E-state index in [1.54, 1.807) is 31.4 Å². The van der Waals surface area contributed by atoms with Crippen LogP contribution in [-0.4, -0.2) is 33.6 Å². The minimum absolute atomic E-state index is 0.0825. The van der Waals surface area contributed by atoms with Crippen LogP contribution in [0.15, 0.2) is 60.8 Å². The standard InChI is InChI=1S/C25H25N5O2/c1-16-7-9-18(10-8-16)15-30-24-22(14-27-30)21(11-17(2)28-24)25(32)29-20-6-4-5-19(12-20)13-23(31)26-3/h4-12,14H,13,15H2,1-3H3,(H,26,31)(H,29,32). The van der Waals surface area contributed by atoms with Gasteiger partial charge in [0.05, 0.1) is 30.1 Å². The summed E-state index contributed by atoms with van der Waals surface area (Å²) in [5, 5.41) is 10.7. The number of rotatable bonds is 6. The van der Waals surface area contributed by atoms with Gasteiger partial charge in [-0.25, -0.2) is 9.67 Å². The van der Waals surface area contributed by atoms with E-state index in [2.05, 4.69) is 51.9 Å². The Morgan fingerprint density at radius 3 is 2.53 bits per heavy atom. The highest BCUT2D eigenvalue weighted by Crippen LogP contribution is 2.21. The molecule has 162 valence electrons. The zero-order valence-electron chi connectivity index (χ0n) is 18.3. The van der Waals surface area contributed by atoms with E-state index in [1.165, 1.54) is 5.56 Å². The molecule has 4 aromatic rings. The van der Waals surface area contributed by atoms with Crippen molar-refractivity contribution in [1.82, 2.24) is 20.1 Å². The predicted molar refractivity (Wildman–Crippen MR) is 125 cm³/mol. The molecule has 0 aliphatic carbocycles. The lowest BCUT2D eigenvalue weighted by molar-refractivity contribution is -0.119. The van der Waals surface area contributed by atoms with Crippen LogP contribution in [0, 0.1) is 13.8 Å². The molecule has 0 radical (unpaired) electrons. The van der Waals surface area contributed by atoms with Gasteiger partial charge in [-0.3, -0.25) is 9.59 Å². The number of carbonyl (C=O) groups excluding carboxylic acids is 2. The molecule has 0 saturated carbocycles. The molecule has 2 N–H and O–H groups in total. The summed E-state index contributed by atoms with van der Waals surface area (Å²) in [7, 11) is 1.60. The van der Waals surface area contributed by atoms with Gasteiger partial charge in [0.25, 0.3) is 5.91 Å². The third-order valence-corrected chi connectivity index (χ3v) is 5.26. The van der Waals surface area contributed by atoms with Crippen LogP contribution < -0.4 is 10.6 Å². The van der Waals surface area contributed by atoms with Crippen molar-refractivity contribution in [1.29, 1.82) is 0 Å². The van der Waals surface area contributed by atoms with Crippen molar-refractivity contribution in [2.24, 2.45) is 0 Å².